The summed E-state index contributed by atoms with van der Waals surface area (Å²) in [6.45, 7) is 0.928. The van der Waals surface area contributed by atoms with E-state index in [0.717, 1.165) is 25.3 Å². The number of methoxy groups -OCH3 is 1. The van der Waals surface area contributed by atoms with Gasteiger partial charge in [-0.15, -0.1) is 0 Å². The molecule has 0 atom stereocenters. The number of carbonyl (C=O) groups is 1. The predicted octanol–water partition coefficient (Wildman–Crippen LogP) is 4.06. The first-order valence-corrected chi connectivity index (χ1v) is 14.1. The van der Waals surface area contributed by atoms with E-state index < -0.39 is 15.9 Å². The molecule has 0 spiro atoms. The Hall–Kier alpha value is -3.87. The predicted molar refractivity (Wildman–Crippen MR) is 145 cm³/mol. The van der Waals surface area contributed by atoms with Crippen molar-refractivity contribution >= 4 is 48.3 Å². The number of hydrogen-bond acceptors (Lipinski definition) is 7. The number of nitrogens with zero attached hydrogens (tertiary/aromatic N) is 5. The van der Waals surface area contributed by atoms with Gasteiger partial charge < -0.3 is 9.30 Å². The van der Waals surface area contributed by atoms with Gasteiger partial charge in [-0.25, -0.2) is 8.42 Å². The summed E-state index contributed by atoms with van der Waals surface area (Å²) in [6.07, 6.45) is 0.0151. The second-order valence-electron chi connectivity index (χ2n) is 8.33. The molecule has 11 heteroatoms. The molecule has 4 aromatic rings. The van der Waals surface area contributed by atoms with Crippen LogP contribution in [0.15, 0.2) is 70.6 Å². The minimum Gasteiger partial charge on any atom is -0.383 e. The van der Waals surface area contributed by atoms with Crippen LogP contribution in [0.2, 0.25) is 0 Å². The third kappa shape index (κ3) is 5.67. The third-order valence-electron chi connectivity index (χ3n) is 5.98. The molecule has 38 heavy (non-hydrogen) atoms. The highest BCUT2D eigenvalue weighted by Crippen LogP contribution is 2.27. The minimum atomic E-state index is -3.93. The van der Waals surface area contributed by atoms with E-state index in [2.05, 4.69) is 4.99 Å². The molecular weight excluding hydrogens is 522 g/mol. The van der Waals surface area contributed by atoms with Crippen LogP contribution in [0, 0.1) is 22.7 Å². The van der Waals surface area contributed by atoms with Crippen LogP contribution < -0.4 is 4.80 Å². The van der Waals surface area contributed by atoms with Crippen LogP contribution in [0.4, 0.5) is 0 Å². The van der Waals surface area contributed by atoms with E-state index in [0.29, 0.717) is 18.0 Å². The van der Waals surface area contributed by atoms with Crippen molar-refractivity contribution in [3.63, 3.8) is 0 Å². The molecule has 0 fully saturated rings. The van der Waals surface area contributed by atoms with E-state index in [1.165, 1.54) is 35.6 Å². The number of amides is 1. The van der Waals surface area contributed by atoms with E-state index >= 15 is 0 Å². The van der Waals surface area contributed by atoms with Gasteiger partial charge in [-0.1, -0.05) is 41.7 Å². The quantitative estimate of drug-likeness (QED) is 0.294. The average Bonchev–Trinajstić information content (AvgIpc) is 3.29. The Labute approximate surface area is 224 Å². The molecule has 0 aliphatic heterocycles. The first-order chi connectivity index (χ1) is 18.4. The highest BCUT2D eigenvalue weighted by molar-refractivity contribution is 7.89. The van der Waals surface area contributed by atoms with Gasteiger partial charge in [-0.2, -0.15) is 19.8 Å². The second kappa shape index (κ2) is 12.1. The number of benzene rings is 3. The van der Waals surface area contributed by atoms with Crippen molar-refractivity contribution in [1.82, 2.24) is 8.87 Å². The second-order valence-corrected chi connectivity index (χ2v) is 11.2. The van der Waals surface area contributed by atoms with Crippen LogP contribution in [-0.4, -0.2) is 50.0 Å². The first kappa shape index (κ1) is 27.2. The summed E-state index contributed by atoms with van der Waals surface area (Å²) >= 11 is 1.42. The summed E-state index contributed by atoms with van der Waals surface area (Å²) in [4.78, 5) is 18.0. The third-order valence-corrected chi connectivity index (χ3v) is 9.02. The van der Waals surface area contributed by atoms with Gasteiger partial charge in [-0.3, -0.25) is 4.79 Å². The van der Waals surface area contributed by atoms with E-state index in [1.54, 1.807) is 7.11 Å². The lowest BCUT2D eigenvalue weighted by Gasteiger charge is -2.20. The van der Waals surface area contributed by atoms with Gasteiger partial charge in [0.2, 0.25) is 10.0 Å². The van der Waals surface area contributed by atoms with Gasteiger partial charge in [0.25, 0.3) is 5.91 Å². The molecule has 0 aliphatic carbocycles. The zero-order valence-corrected chi connectivity index (χ0v) is 22.3. The molecule has 1 heterocycles. The number of carbonyl (C=O) groups excluding carboxylic acids is 1. The standard InChI is InChI=1S/C27H25N5O4S2/c1-36-19-18-32-24-13-10-20-6-2-3-7-23(20)25(24)37-27(32)30-26(33)21-8-11-22(12-9-21)38(34,35)31(16-4-14-28)17-5-15-29/h2-3,6-13H,4-5,16-19H2,1H3. The summed E-state index contributed by atoms with van der Waals surface area (Å²) in [7, 11) is -2.31. The van der Waals surface area contributed by atoms with Crippen LogP contribution in [0.1, 0.15) is 23.2 Å². The van der Waals surface area contributed by atoms with Gasteiger partial charge in [0.15, 0.2) is 4.80 Å². The Bertz CT molecular complexity index is 1710. The maximum Gasteiger partial charge on any atom is 0.279 e. The minimum absolute atomic E-state index is 0.00757. The number of fused-ring (bicyclic) bond motifs is 3. The highest BCUT2D eigenvalue weighted by Gasteiger charge is 2.24. The van der Waals surface area contributed by atoms with Gasteiger partial charge in [0.05, 0.1) is 33.9 Å². The topological polar surface area (TPSA) is 129 Å². The fraction of sp³-hybridized carbons (Fsp3) is 0.259. The lowest BCUT2D eigenvalue weighted by molar-refractivity contribution is 0.0997. The number of sulfonamides is 1. The number of hydrogen-bond donors (Lipinski definition) is 0. The summed E-state index contributed by atoms with van der Waals surface area (Å²) in [5.41, 5.74) is 1.19. The van der Waals surface area contributed by atoms with E-state index in [9.17, 15) is 13.2 Å². The lowest BCUT2D eigenvalue weighted by atomic mass is 10.1. The summed E-state index contributed by atoms with van der Waals surface area (Å²) in [6, 6.07) is 21.5. The zero-order valence-electron chi connectivity index (χ0n) is 20.7. The molecule has 0 saturated carbocycles. The maximum absolute atomic E-state index is 13.1. The molecule has 0 aliphatic rings. The molecular formula is C27H25N5O4S2. The van der Waals surface area contributed by atoms with Crippen molar-refractivity contribution < 1.29 is 17.9 Å². The van der Waals surface area contributed by atoms with Gasteiger partial charge in [0.1, 0.15) is 0 Å². The lowest BCUT2D eigenvalue weighted by Crippen LogP contribution is -2.32. The largest absolute Gasteiger partial charge is 0.383 e. The Balaban J connectivity index is 1.69. The monoisotopic (exact) mass is 547 g/mol. The molecule has 0 bridgehead atoms. The van der Waals surface area contributed by atoms with Crippen molar-refractivity contribution in [2.45, 2.75) is 24.3 Å². The van der Waals surface area contributed by atoms with Crippen molar-refractivity contribution in [2.24, 2.45) is 4.99 Å². The summed E-state index contributed by atoms with van der Waals surface area (Å²) in [5.74, 6) is -0.498. The highest BCUT2D eigenvalue weighted by atomic mass is 32.2. The average molecular weight is 548 g/mol. The Morgan fingerprint density at radius 1 is 1.03 bits per heavy atom. The zero-order chi connectivity index (χ0) is 27.1. The van der Waals surface area contributed by atoms with Crippen LogP contribution in [0.5, 0.6) is 0 Å². The van der Waals surface area contributed by atoms with Crippen LogP contribution in [0.3, 0.4) is 0 Å². The van der Waals surface area contributed by atoms with Crippen LogP contribution in [-0.2, 0) is 21.3 Å². The Kier molecular flexibility index (Phi) is 8.66. The first-order valence-electron chi connectivity index (χ1n) is 11.8. The molecule has 1 amide bonds. The number of rotatable bonds is 10. The van der Waals surface area contributed by atoms with Crippen molar-refractivity contribution in [3.05, 3.63) is 71.0 Å². The fourth-order valence-corrected chi connectivity index (χ4v) is 6.69. The maximum atomic E-state index is 13.1. The SMILES string of the molecule is COCCn1c(=NC(=O)c2ccc(S(=O)(=O)N(CCC#N)CCC#N)cc2)sc2c3ccccc3ccc21. The molecule has 0 saturated heterocycles. The molecule has 0 unspecified atom stereocenters. The molecule has 4 rings (SSSR count). The molecule has 1 aromatic heterocycles. The summed E-state index contributed by atoms with van der Waals surface area (Å²) < 4.78 is 35.5. The smallest absolute Gasteiger partial charge is 0.279 e. The fourth-order valence-electron chi connectivity index (χ4n) is 4.05. The normalized spacial score (nSPS) is 12.2. The molecule has 0 N–H and O–H groups in total. The van der Waals surface area contributed by atoms with Gasteiger partial charge in [-0.05, 0) is 35.7 Å². The molecule has 9 nitrogen and oxygen atoms in total. The number of nitriles is 2. The van der Waals surface area contributed by atoms with Crippen LogP contribution >= 0.6 is 11.3 Å². The van der Waals surface area contributed by atoms with Gasteiger partial charge in [0, 0.05) is 50.5 Å². The number of thiazole rings is 1. The van der Waals surface area contributed by atoms with Crippen molar-refractivity contribution in [2.75, 3.05) is 26.8 Å². The Morgan fingerprint density at radius 3 is 2.37 bits per heavy atom. The number of ether oxygens (including phenoxy) is 1. The molecule has 0 radical (unpaired) electrons. The molecule has 194 valence electrons. The van der Waals surface area contributed by atoms with E-state index in [4.69, 9.17) is 15.3 Å². The molecule has 3 aromatic carbocycles. The van der Waals surface area contributed by atoms with Crippen molar-refractivity contribution in [1.29, 1.82) is 10.5 Å². The van der Waals surface area contributed by atoms with Gasteiger partial charge >= 0.3 is 0 Å². The Morgan fingerprint density at radius 2 is 1.71 bits per heavy atom. The number of aromatic nitrogens is 1. The van der Waals surface area contributed by atoms with Crippen molar-refractivity contribution in [3.8, 4) is 12.1 Å². The van der Waals surface area contributed by atoms with E-state index in [1.807, 2.05) is 53.1 Å². The van der Waals surface area contributed by atoms with E-state index in [-0.39, 0.29) is 36.4 Å². The summed E-state index contributed by atoms with van der Waals surface area (Å²) in [5, 5.41) is 19.9. The van der Waals surface area contributed by atoms with Crippen LogP contribution in [0.25, 0.3) is 21.0 Å².